The van der Waals surface area contributed by atoms with E-state index in [1.807, 2.05) is 19.2 Å². The third-order valence-corrected chi connectivity index (χ3v) is 6.77. The molecule has 1 heterocycles. The Morgan fingerprint density at radius 1 is 1.03 bits per heavy atom. The summed E-state index contributed by atoms with van der Waals surface area (Å²) < 4.78 is 13.9. The number of H-pyrrole nitrogens is 1. The van der Waals surface area contributed by atoms with E-state index < -0.39 is 0 Å². The standard InChI is InChI=1S/C23H27ClFN.C10H17N/c1-5-6-7-18-19-12-20(24)21(25)13-22(19)26-23(18)15(4)17-10-8-16(9-11-17)14(2)3;1-5-6-10(4)11-8-7-9(2)3/h8-15,26H,5-7H2,1-4H3;6-8H,5H2,1-4H3/b;10-6+,11-8?. The maximum Gasteiger partial charge on any atom is 0.143 e. The Hall–Kier alpha value is -2.65. The van der Waals surface area contributed by atoms with E-state index in [2.05, 4.69) is 88.8 Å². The lowest BCUT2D eigenvalue weighted by atomic mass is 9.91. The van der Waals surface area contributed by atoms with Gasteiger partial charge in [0.2, 0.25) is 0 Å². The van der Waals surface area contributed by atoms with Crippen LogP contribution in [-0.4, -0.2) is 11.2 Å². The highest BCUT2D eigenvalue weighted by Crippen LogP contribution is 2.35. The molecule has 4 heteroatoms. The molecular formula is C33H44ClFN2. The number of rotatable bonds is 9. The van der Waals surface area contributed by atoms with Gasteiger partial charge in [-0.15, -0.1) is 0 Å². The second kappa shape index (κ2) is 14.9. The number of hydrogen-bond donors (Lipinski definition) is 1. The van der Waals surface area contributed by atoms with Crippen LogP contribution in [0.25, 0.3) is 10.9 Å². The molecule has 3 rings (SSSR count). The monoisotopic (exact) mass is 522 g/mol. The zero-order valence-corrected chi connectivity index (χ0v) is 24.6. The maximum absolute atomic E-state index is 13.9. The molecule has 0 spiro atoms. The molecule has 0 amide bonds. The predicted octanol–water partition coefficient (Wildman–Crippen LogP) is 10.9. The van der Waals surface area contributed by atoms with Crippen molar-refractivity contribution in [1.29, 1.82) is 0 Å². The average molecular weight is 523 g/mol. The van der Waals surface area contributed by atoms with Crippen LogP contribution in [0.1, 0.15) is 109 Å². The molecule has 0 bridgehead atoms. The van der Waals surface area contributed by atoms with E-state index in [1.54, 1.807) is 6.07 Å². The molecule has 2 nitrogen and oxygen atoms in total. The molecule has 0 fully saturated rings. The van der Waals surface area contributed by atoms with Crippen molar-refractivity contribution >= 4 is 28.7 Å². The summed E-state index contributed by atoms with van der Waals surface area (Å²) in [5.41, 5.74) is 8.25. The van der Waals surface area contributed by atoms with Gasteiger partial charge < -0.3 is 4.98 Å². The van der Waals surface area contributed by atoms with Crippen molar-refractivity contribution in [3.05, 3.63) is 93.0 Å². The molecule has 0 aliphatic carbocycles. The summed E-state index contributed by atoms with van der Waals surface area (Å²) in [4.78, 5) is 7.69. The van der Waals surface area contributed by atoms with Gasteiger partial charge >= 0.3 is 0 Å². The molecule has 0 saturated heterocycles. The van der Waals surface area contributed by atoms with Crippen molar-refractivity contribution in [3.63, 3.8) is 0 Å². The molecule has 1 atom stereocenters. The molecule has 0 aliphatic heterocycles. The van der Waals surface area contributed by atoms with Gasteiger partial charge in [0.25, 0.3) is 0 Å². The normalized spacial score (nSPS) is 12.7. The van der Waals surface area contributed by atoms with E-state index in [1.165, 1.54) is 34.0 Å². The third kappa shape index (κ3) is 9.00. The number of aliphatic imine (C=N–C) groups is 1. The lowest BCUT2D eigenvalue weighted by Gasteiger charge is -2.15. The molecule has 37 heavy (non-hydrogen) atoms. The Kier molecular flexibility index (Phi) is 12.3. The Morgan fingerprint density at radius 3 is 2.24 bits per heavy atom. The summed E-state index contributed by atoms with van der Waals surface area (Å²) in [6.07, 6.45) is 10.2. The Labute approximate surface area is 228 Å². The third-order valence-electron chi connectivity index (χ3n) is 6.48. The lowest BCUT2D eigenvalue weighted by Crippen LogP contribution is -2.01. The molecule has 0 radical (unpaired) electrons. The first-order valence-electron chi connectivity index (χ1n) is 13.5. The topological polar surface area (TPSA) is 28.1 Å². The van der Waals surface area contributed by atoms with Gasteiger partial charge in [0.05, 0.1) is 5.02 Å². The zero-order valence-electron chi connectivity index (χ0n) is 23.9. The summed E-state index contributed by atoms with van der Waals surface area (Å²) in [5.74, 6) is 0.373. The van der Waals surface area contributed by atoms with Crippen molar-refractivity contribution in [2.75, 3.05) is 0 Å². The number of nitrogens with one attached hydrogen (secondary N) is 1. The molecule has 2 aromatic carbocycles. The molecule has 0 aliphatic rings. The molecule has 200 valence electrons. The molecule has 3 aromatic rings. The average Bonchev–Trinajstić information content (AvgIpc) is 3.19. The highest BCUT2D eigenvalue weighted by molar-refractivity contribution is 6.31. The van der Waals surface area contributed by atoms with E-state index in [0.29, 0.717) is 5.92 Å². The minimum Gasteiger partial charge on any atom is -0.358 e. The van der Waals surface area contributed by atoms with Gasteiger partial charge in [-0.1, -0.05) is 88.6 Å². The molecule has 1 aromatic heterocycles. The number of fused-ring (bicyclic) bond motifs is 1. The van der Waals surface area contributed by atoms with Crippen LogP contribution in [0, 0.1) is 5.82 Å². The van der Waals surface area contributed by atoms with Crippen LogP contribution in [0.15, 0.2) is 64.8 Å². The number of hydrogen-bond acceptors (Lipinski definition) is 1. The fraction of sp³-hybridized carbons (Fsp3) is 0.424. The Bertz CT molecular complexity index is 1230. The van der Waals surface area contributed by atoms with Gasteiger partial charge in [-0.05, 0) is 80.9 Å². The summed E-state index contributed by atoms with van der Waals surface area (Å²) in [7, 11) is 0. The van der Waals surface area contributed by atoms with Crippen molar-refractivity contribution in [2.45, 2.75) is 92.9 Å². The van der Waals surface area contributed by atoms with Gasteiger partial charge in [-0.3, -0.25) is 4.99 Å². The Balaban J connectivity index is 0.000000371. The van der Waals surface area contributed by atoms with E-state index in [9.17, 15) is 4.39 Å². The fourth-order valence-electron chi connectivity index (χ4n) is 4.25. The van der Waals surface area contributed by atoms with E-state index in [4.69, 9.17) is 11.6 Å². The van der Waals surface area contributed by atoms with Crippen molar-refractivity contribution < 1.29 is 4.39 Å². The number of nitrogens with zero attached hydrogens (tertiary/aromatic N) is 1. The van der Waals surface area contributed by atoms with Crippen LogP contribution in [-0.2, 0) is 6.42 Å². The number of aromatic amines is 1. The number of unbranched alkanes of at least 4 members (excludes halogenated alkanes) is 1. The predicted molar refractivity (Wildman–Crippen MR) is 162 cm³/mol. The molecule has 0 saturated carbocycles. The van der Waals surface area contributed by atoms with Gasteiger partial charge in [0.15, 0.2) is 0 Å². The first kappa shape index (κ1) is 30.6. The number of benzene rings is 2. The SMILES string of the molecule is CC/C=C(\C)N=CC=C(C)C.CCCCc1c(C(C)c2ccc(C(C)C)cc2)[nH]c2cc(F)c(Cl)cc12. The second-order valence-electron chi connectivity index (χ2n) is 10.3. The minimum atomic E-state index is -0.372. The van der Waals surface area contributed by atoms with Crippen molar-refractivity contribution in [3.8, 4) is 0 Å². The first-order valence-corrected chi connectivity index (χ1v) is 13.9. The van der Waals surface area contributed by atoms with E-state index in [0.717, 1.165) is 42.3 Å². The molecule has 1 unspecified atom stereocenters. The summed E-state index contributed by atoms with van der Waals surface area (Å²) in [6, 6.07) is 12.1. The number of allylic oxidation sites excluding steroid dienone is 4. The second-order valence-corrected chi connectivity index (χ2v) is 10.7. The quantitative estimate of drug-likeness (QED) is 0.270. The van der Waals surface area contributed by atoms with Crippen LogP contribution in [0.3, 0.4) is 0 Å². The van der Waals surface area contributed by atoms with Crippen LogP contribution in [0.4, 0.5) is 4.39 Å². The van der Waals surface area contributed by atoms with Gasteiger partial charge in [0, 0.05) is 34.4 Å². The zero-order chi connectivity index (χ0) is 27.5. The summed E-state index contributed by atoms with van der Waals surface area (Å²) in [6.45, 7) is 17.1. The number of aromatic nitrogens is 1. The van der Waals surface area contributed by atoms with Crippen LogP contribution >= 0.6 is 11.6 Å². The molecular weight excluding hydrogens is 479 g/mol. The number of halogens is 2. The fourth-order valence-corrected chi connectivity index (χ4v) is 4.41. The minimum absolute atomic E-state index is 0.190. The van der Waals surface area contributed by atoms with E-state index in [-0.39, 0.29) is 16.8 Å². The van der Waals surface area contributed by atoms with Gasteiger partial charge in [-0.2, -0.15) is 0 Å². The smallest absolute Gasteiger partial charge is 0.143 e. The largest absolute Gasteiger partial charge is 0.358 e. The maximum atomic E-state index is 13.9. The van der Waals surface area contributed by atoms with Gasteiger partial charge in [0.1, 0.15) is 5.82 Å². The van der Waals surface area contributed by atoms with Crippen molar-refractivity contribution in [2.24, 2.45) is 4.99 Å². The Morgan fingerprint density at radius 2 is 1.68 bits per heavy atom. The summed E-state index contributed by atoms with van der Waals surface area (Å²) in [5, 5.41) is 1.24. The highest BCUT2D eigenvalue weighted by Gasteiger charge is 2.19. The lowest BCUT2D eigenvalue weighted by molar-refractivity contribution is 0.630. The van der Waals surface area contributed by atoms with Crippen LogP contribution in [0.5, 0.6) is 0 Å². The van der Waals surface area contributed by atoms with Crippen LogP contribution in [0.2, 0.25) is 5.02 Å². The molecule has 1 N–H and O–H groups in total. The van der Waals surface area contributed by atoms with Crippen LogP contribution < -0.4 is 0 Å². The van der Waals surface area contributed by atoms with Crippen molar-refractivity contribution in [1.82, 2.24) is 4.98 Å². The van der Waals surface area contributed by atoms with E-state index >= 15 is 0 Å². The first-order chi connectivity index (χ1) is 17.6. The highest BCUT2D eigenvalue weighted by atomic mass is 35.5. The summed E-state index contributed by atoms with van der Waals surface area (Å²) >= 11 is 6.06. The number of aryl methyl sites for hydroxylation is 1. The van der Waals surface area contributed by atoms with Gasteiger partial charge in [-0.25, -0.2) is 4.39 Å².